The van der Waals surface area contributed by atoms with Crippen LogP contribution in [0.1, 0.15) is 36.0 Å². The van der Waals surface area contributed by atoms with Gasteiger partial charge >= 0.3 is 0 Å². The molecule has 1 N–H and O–H groups in total. The molecule has 2 fully saturated rings. The van der Waals surface area contributed by atoms with Crippen molar-refractivity contribution in [3.05, 3.63) is 35.4 Å². The first-order chi connectivity index (χ1) is 8.63. The second kappa shape index (κ2) is 4.43. The molecule has 0 amide bonds. The lowest BCUT2D eigenvalue weighted by Crippen LogP contribution is -2.40. The number of rotatable bonds is 2. The molecule has 3 rings (SSSR count). The zero-order valence-corrected chi connectivity index (χ0v) is 9.96. The van der Waals surface area contributed by atoms with Crippen molar-refractivity contribution in [2.24, 2.45) is 5.92 Å². The lowest BCUT2D eigenvalue weighted by atomic mass is 9.86. The fourth-order valence-corrected chi connectivity index (χ4v) is 3.16. The third-order valence-electron chi connectivity index (χ3n) is 4.05. The van der Waals surface area contributed by atoms with E-state index in [1.54, 1.807) is 0 Å². The second-order valence-electron chi connectivity index (χ2n) is 5.30. The van der Waals surface area contributed by atoms with Gasteiger partial charge in [-0.3, -0.25) is 4.79 Å². The Hall–Kier alpha value is -1.29. The normalized spacial score (nSPS) is 30.4. The number of Topliss-reactive ketones (excluding diaryl/α,β-unsaturated/α-hetero) is 1. The van der Waals surface area contributed by atoms with E-state index in [0.717, 1.165) is 37.8 Å². The fraction of sp³-hybridized carbons (Fsp3) is 0.500. The van der Waals surface area contributed by atoms with Gasteiger partial charge < -0.3 is 5.32 Å². The summed E-state index contributed by atoms with van der Waals surface area (Å²) in [6.45, 7) is 0. The lowest BCUT2D eigenvalue weighted by Gasteiger charge is -2.28. The van der Waals surface area contributed by atoms with E-state index in [2.05, 4.69) is 5.32 Å². The molecule has 2 aliphatic heterocycles. The summed E-state index contributed by atoms with van der Waals surface area (Å²) in [4.78, 5) is 12.3. The van der Waals surface area contributed by atoms with E-state index < -0.39 is 11.6 Å². The number of fused-ring (bicyclic) bond motifs is 2. The van der Waals surface area contributed by atoms with Gasteiger partial charge in [-0.15, -0.1) is 0 Å². The number of hydrogen-bond acceptors (Lipinski definition) is 2. The van der Waals surface area contributed by atoms with E-state index in [1.165, 1.54) is 6.07 Å². The Balaban J connectivity index is 1.79. The smallest absolute Gasteiger partial charge is 0.166 e. The summed E-state index contributed by atoms with van der Waals surface area (Å²) >= 11 is 0. The van der Waals surface area contributed by atoms with Crippen LogP contribution >= 0.6 is 0 Å². The molecule has 0 radical (unpaired) electrons. The molecule has 1 aromatic rings. The van der Waals surface area contributed by atoms with Gasteiger partial charge in [0.1, 0.15) is 0 Å². The van der Waals surface area contributed by atoms with E-state index in [-0.39, 0.29) is 11.7 Å². The number of carbonyl (C=O) groups is 1. The summed E-state index contributed by atoms with van der Waals surface area (Å²) in [6.07, 6.45) is 3.86. The maximum Gasteiger partial charge on any atom is 0.166 e. The Morgan fingerprint density at radius 1 is 1.11 bits per heavy atom. The molecule has 2 bridgehead atoms. The Morgan fingerprint density at radius 3 is 2.39 bits per heavy atom. The molecule has 2 nitrogen and oxygen atoms in total. The predicted molar refractivity (Wildman–Crippen MR) is 63.4 cm³/mol. The van der Waals surface area contributed by atoms with Gasteiger partial charge in [0, 0.05) is 23.6 Å². The highest BCUT2D eigenvalue weighted by molar-refractivity contribution is 5.98. The molecule has 2 heterocycles. The molecular formula is C14H15F2NO. The summed E-state index contributed by atoms with van der Waals surface area (Å²) in [7, 11) is 0. The van der Waals surface area contributed by atoms with Crippen molar-refractivity contribution in [3.8, 4) is 0 Å². The molecule has 0 aliphatic carbocycles. The summed E-state index contributed by atoms with van der Waals surface area (Å²) in [6, 6.07) is 4.26. The first kappa shape index (κ1) is 11.8. The highest BCUT2D eigenvalue weighted by Gasteiger charge is 2.36. The Labute approximate surface area is 104 Å². The van der Waals surface area contributed by atoms with Crippen molar-refractivity contribution in [1.82, 2.24) is 5.32 Å². The predicted octanol–water partition coefficient (Wildman–Crippen LogP) is 2.68. The zero-order chi connectivity index (χ0) is 12.7. The average Bonchev–Trinajstić information content (AvgIpc) is 2.71. The van der Waals surface area contributed by atoms with E-state index in [4.69, 9.17) is 0 Å². The van der Waals surface area contributed by atoms with Crippen molar-refractivity contribution >= 4 is 5.78 Å². The van der Waals surface area contributed by atoms with Gasteiger partial charge in [-0.05, 0) is 43.9 Å². The van der Waals surface area contributed by atoms with Crippen LogP contribution in [0.5, 0.6) is 0 Å². The molecule has 2 atom stereocenters. The Kier molecular flexibility index (Phi) is 2.90. The molecule has 2 unspecified atom stereocenters. The van der Waals surface area contributed by atoms with Crippen LogP contribution in [0.15, 0.2) is 18.2 Å². The average molecular weight is 251 g/mol. The van der Waals surface area contributed by atoms with Crippen molar-refractivity contribution in [3.63, 3.8) is 0 Å². The number of nitrogens with one attached hydrogen (secondary N) is 1. The van der Waals surface area contributed by atoms with Crippen molar-refractivity contribution < 1.29 is 13.6 Å². The summed E-state index contributed by atoms with van der Waals surface area (Å²) < 4.78 is 26.0. The minimum Gasteiger partial charge on any atom is -0.311 e. The molecule has 96 valence electrons. The van der Waals surface area contributed by atoms with Crippen molar-refractivity contribution in [1.29, 1.82) is 0 Å². The molecule has 0 saturated carbocycles. The molecule has 1 aromatic carbocycles. The summed E-state index contributed by atoms with van der Waals surface area (Å²) in [5.41, 5.74) is 0.292. The second-order valence-corrected chi connectivity index (χ2v) is 5.30. The monoisotopic (exact) mass is 251 g/mol. The van der Waals surface area contributed by atoms with Crippen LogP contribution in [0.2, 0.25) is 0 Å². The van der Waals surface area contributed by atoms with Crippen LogP contribution < -0.4 is 5.32 Å². The maximum absolute atomic E-state index is 13.1. The van der Waals surface area contributed by atoms with Gasteiger partial charge in [0.2, 0.25) is 0 Å². The van der Waals surface area contributed by atoms with Crippen LogP contribution in [0.3, 0.4) is 0 Å². The molecule has 0 spiro atoms. The lowest BCUT2D eigenvalue weighted by molar-refractivity contribution is 0.0875. The van der Waals surface area contributed by atoms with Gasteiger partial charge in [-0.25, -0.2) is 8.78 Å². The fourth-order valence-electron chi connectivity index (χ4n) is 3.16. The number of halogens is 2. The van der Waals surface area contributed by atoms with Crippen LogP contribution in [0, 0.1) is 17.6 Å². The van der Waals surface area contributed by atoms with Gasteiger partial charge in [0.15, 0.2) is 17.4 Å². The highest BCUT2D eigenvalue weighted by Crippen LogP contribution is 2.32. The van der Waals surface area contributed by atoms with Crippen LogP contribution in [-0.4, -0.2) is 17.9 Å². The molecule has 0 aromatic heterocycles. The molecule has 4 heteroatoms. The quantitative estimate of drug-likeness (QED) is 0.819. The van der Waals surface area contributed by atoms with Crippen LogP contribution in [-0.2, 0) is 0 Å². The number of hydrogen-bond donors (Lipinski definition) is 1. The van der Waals surface area contributed by atoms with E-state index >= 15 is 0 Å². The van der Waals surface area contributed by atoms with Crippen LogP contribution in [0.4, 0.5) is 8.78 Å². The molecule has 18 heavy (non-hydrogen) atoms. The number of piperidine rings is 1. The Bertz CT molecular complexity index is 477. The molecule has 2 aliphatic rings. The SMILES string of the molecule is O=C(c1ccc(F)c(F)c1)C1CC2CCC(C1)N2. The third-order valence-corrected chi connectivity index (χ3v) is 4.05. The summed E-state index contributed by atoms with van der Waals surface area (Å²) in [5, 5.41) is 3.46. The Morgan fingerprint density at radius 2 is 1.78 bits per heavy atom. The van der Waals surface area contributed by atoms with Gasteiger partial charge in [-0.1, -0.05) is 0 Å². The van der Waals surface area contributed by atoms with Crippen LogP contribution in [0.25, 0.3) is 0 Å². The first-order valence-electron chi connectivity index (χ1n) is 6.39. The first-order valence-corrected chi connectivity index (χ1v) is 6.39. The number of carbonyl (C=O) groups excluding carboxylic acids is 1. The largest absolute Gasteiger partial charge is 0.311 e. The highest BCUT2D eigenvalue weighted by atomic mass is 19.2. The standard InChI is InChI=1S/C14H15F2NO/c15-12-4-1-8(7-13(12)16)14(18)9-5-10-2-3-11(6-9)17-10/h1,4,7,9-11,17H,2-3,5-6H2. The van der Waals surface area contributed by atoms with Crippen molar-refractivity contribution in [2.45, 2.75) is 37.8 Å². The van der Waals surface area contributed by atoms with Gasteiger partial charge in [0.05, 0.1) is 0 Å². The topological polar surface area (TPSA) is 29.1 Å². The van der Waals surface area contributed by atoms with Crippen molar-refractivity contribution in [2.75, 3.05) is 0 Å². The zero-order valence-electron chi connectivity index (χ0n) is 9.96. The maximum atomic E-state index is 13.1. The van der Waals surface area contributed by atoms with E-state index in [0.29, 0.717) is 17.6 Å². The molecular weight excluding hydrogens is 236 g/mol. The van der Waals surface area contributed by atoms with Gasteiger partial charge in [0.25, 0.3) is 0 Å². The minimum absolute atomic E-state index is 0.0476. The third kappa shape index (κ3) is 2.05. The van der Waals surface area contributed by atoms with E-state index in [1.807, 2.05) is 0 Å². The van der Waals surface area contributed by atoms with E-state index in [9.17, 15) is 13.6 Å². The number of ketones is 1. The minimum atomic E-state index is -0.947. The number of benzene rings is 1. The molecule has 2 saturated heterocycles. The van der Waals surface area contributed by atoms with Gasteiger partial charge in [-0.2, -0.15) is 0 Å². The summed E-state index contributed by atoms with van der Waals surface area (Å²) in [5.74, 6) is -1.95.